The number of hydrogen-bond acceptors (Lipinski definition) is 0. The molecule has 0 unspecified atom stereocenters. The van der Waals surface area contributed by atoms with Gasteiger partial charge in [0, 0.05) is 347 Å². The van der Waals surface area contributed by atoms with Gasteiger partial charge in [-0.2, -0.15) is 0 Å². The summed E-state index contributed by atoms with van der Waals surface area (Å²) in [4.78, 5) is 0. The van der Waals surface area contributed by atoms with Crippen LogP contribution < -0.4 is 0 Å². The summed E-state index contributed by atoms with van der Waals surface area (Å²) in [5, 5.41) is 0. The summed E-state index contributed by atoms with van der Waals surface area (Å²) in [5.74, 6) is 0. The summed E-state index contributed by atoms with van der Waals surface area (Å²) in [5.41, 5.74) is 0. The van der Waals surface area contributed by atoms with Gasteiger partial charge >= 0.3 is 0 Å². The molecule has 0 amide bonds. The molecule has 62 valence electrons. The van der Waals surface area contributed by atoms with Crippen LogP contribution in [0.2, 0.25) is 0 Å². The van der Waals surface area contributed by atoms with Gasteiger partial charge < -0.3 is 0 Å². The number of rotatable bonds is 0. The van der Waals surface area contributed by atoms with Crippen molar-refractivity contribution in [3.63, 3.8) is 0 Å². The van der Waals surface area contributed by atoms with Crippen molar-refractivity contribution in [2.45, 2.75) is 0 Å². The maximum atomic E-state index is 0. The Morgan fingerprint density at radius 2 is 1.00 bits per heavy atom. The molecular formula is BiCdCeCoCrFeKLiMnNaNiPbTh. The molecule has 13 heteroatoms. The fraction of sp³-hybridized carbons (Fsp3) is 0. The molecule has 0 N–H and O–H groups in total. The Morgan fingerprint density at radius 3 is 1.00 bits per heavy atom. The average Bonchev–Trinajstić information content (AvgIpc) is 0. The summed E-state index contributed by atoms with van der Waals surface area (Å²) in [7, 11) is 0. The van der Waals surface area contributed by atoms with E-state index in [1.54, 1.807) is 0 Å². The second-order valence-electron chi connectivity index (χ2n) is 0. The monoisotopic (exact) mass is 1250 g/mol. The van der Waals surface area contributed by atoms with Crippen LogP contribution in [0.25, 0.3) is 0 Å². The second kappa shape index (κ2) is 91.0. The minimum absolute atomic E-state index is 0. The maximum Gasteiger partial charge on any atom is 0 e. The van der Waals surface area contributed by atoms with Gasteiger partial charge in [0.05, 0.1) is 0 Å². The predicted octanol–water partition coefficient (Wildman–Crippen LogP) is -1.92. The fourth-order valence-corrected chi connectivity index (χ4v) is 0. The molecule has 0 bridgehead atoms. The van der Waals surface area contributed by atoms with Crippen LogP contribution in [0.1, 0.15) is 0 Å². The molecule has 0 aliphatic rings. The third-order valence-corrected chi connectivity index (χ3v) is 0. The van der Waals surface area contributed by atoms with Gasteiger partial charge in [0.1, 0.15) is 0 Å². The van der Waals surface area contributed by atoms with E-state index in [1.165, 1.54) is 0 Å². The zero-order chi connectivity index (χ0) is 0. The first kappa shape index (κ1) is 104. The van der Waals surface area contributed by atoms with E-state index in [-0.39, 0.29) is 347 Å². The number of hydrogen-bond donors (Lipinski definition) is 0. The summed E-state index contributed by atoms with van der Waals surface area (Å²) < 4.78 is 0. The molecule has 0 rings (SSSR count). The topological polar surface area (TPSA) is 0 Å². The third kappa shape index (κ3) is 83.0. The van der Waals surface area contributed by atoms with E-state index in [1.807, 2.05) is 0 Å². The van der Waals surface area contributed by atoms with Crippen molar-refractivity contribution in [3.8, 4) is 0 Å². The average molecular weight is 1250 g/mol. The molecule has 0 aromatic carbocycles. The van der Waals surface area contributed by atoms with E-state index >= 15 is 0 Å². The Hall–Kier alpha value is 11.2. The standard InChI is InChI=1S/Bi.Cd.Ce.Co.Cr.Fe.K.Li.Mn.Na.Ni.Pb.Th. The molecule has 0 saturated carbocycles. The Bertz CT molecular complexity index is 48.1. The molecule has 0 heterocycles. The van der Waals surface area contributed by atoms with E-state index in [4.69, 9.17) is 0 Å². The van der Waals surface area contributed by atoms with Crippen molar-refractivity contribution in [1.82, 2.24) is 0 Å². The Kier molecular flexibility index (Phi) is 726. The molecular weight excluding hydrogens is 1250 g/mol. The van der Waals surface area contributed by atoms with Gasteiger partial charge in [0.25, 0.3) is 0 Å². The minimum atomic E-state index is 0. The zero-order valence-electron chi connectivity index (χ0n) is 7.44. The van der Waals surface area contributed by atoms with Crippen molar-refractivity contribution < 1.29 is 194 Å². The molecule has 0 aromatic rings. The molecule has 0 atom stereocenters. The van der Waals surface area contributed by atoms with Gasteiger partial charge in [0.15, 0.2) is 0 Å². The van der Waals surface area contributed by atoms with E-state index in [9.17, 15) is 0 Å². The Balaban J connectivity index is 0. The van der Waals surface area contributed by atoms with Crippen molar-refractivity contribution in [2.24, 2.45) is 0 Å². The van der Waals surface area contributed by atoms with Crippen molar-refractivity contribution in [3.05, 3.63) is 0 Å². The maximum absolute atomic E-state index is 0. The molecule has 0 spiro atoms. The molecule has 13 heavy (non-hydrogen) atoms. The van der Waals surface area contributed by atoms with Gasteiger partial charge in [-0.3, -0.25) is 0 Å². The largest absolute Gasteiger partial charge is 0 e. The third-order valence-electron chi connectivity index (χ3n) is 0. The van der Waals surface area contributed by atoms with Crippen LogP contribution in [0.3, 0.4) is 0 Å². The molecule has 12 radical (unpaired) electrons. The SMILES string of the molecule is [Bi].[Cd].[Ce].[Co].[Cr].[Fe].[K].[Li].[Mn].[Na].[Ni].[Pb].[Th]. The quantitative estimate of drug-likeness (QED) is 0.249. The van der Waals surface area contributed by atoms with Gasteiger partial charge in [-0.1, -0.05) is 0 Å². The Morgan fingerprint density at radius 1 is 1.00 bits per heavy atom. The summed E-state index contributed by atoms with van der Waals surface area (Å²) in [6.07, 6.45) is 0. The summed E-state index contributed by atoms with van der Waals surface area (Å²) in [6, 6.07) is 0. The van der Waals surface area contributed by atoms with Crippen molar-refractivity contribution in [1.29, 1.82) is 0 Å². The first-order valence-electron chi connectivity index (χ1n) is 0. The van der Waals surface area contributed by atoms with E-state index in [0.717, 1.165) is 0 Å². The predicted molar refractivity (Wildman–Crippen MR) is 28.8 cm³/mol. The zero-order valence-corrected chi connectivity index (χ0v) is 36.8. The van der Waals surface area contributed by atoms with Gasteiger partial charge in [-0.05, 0) is 0 Å². The Labute approximate surface area is 335 Å². The second-order valence-corrected chi connectivity index (χ2v) is 0. The van der Waals surface area contributed by atoms with E-state index < -0.39 is 0 Å². The molecule has 0 aromatic heterocycles. The first-order valence-corrected chi connectivity index (χ1v) is 0. The summed E-state index contributed by atoms with van der Waals surface area (Å²) >= 11 is 0. The molecule has 0 aliphatic heterocycles. The van der Waals surface area contributed by atoms with Crippen LogP contribution in [-0.2, 0) is 112 Å². The van der Waals surface area contributed by atoms with Crippen molar-refractivity contribution in [2.75, 3.05) is 0 Å². The van der Waals surface area contributed by atoms with Gasteiger partial charge in [-0.25, -0.2) is 0 Å². The van der Waals surface area contributed by atoms with Crippen LogP contribution >= 0.6 is 0 Å². The van der Waals surface area contributed by atoms with Gasteiger partial charge in [0.2, 0.25) is 0 Å². The van der Waals surface area contributed by atoms with Crippen molar-refractivity contribution >= 4 is 153 Å². The summed E-state index contributed by atoms with van der Waals surface area (Å²) in [6.45, 7) is 0. The van der Waals surface area contributed by atoms with Crippen LogP contribution in [0.5, 0.6) is 0 Å². The smallest absolute Gasteiger partial charge is 0 e. The van der Waals surface area contributed by atoms with E-state index in [2.05, 4.69) is 0 Å². The minimum Gasteiger partial charge on any atom is 0 e. The normalized spacial score (nSPS) is 0. The molecule has 0 nitrogen and oxygen atoms in total. The molecule has 0 fully saturated rings. The molecule has 0 saturated heterocycles. The van der Waals surface area contributed by atoms with E-state index in [0.29, 0.717) is 0 Å². The molecule has 0 aliphatic carbocycles. The van der Waals surface area contributed by atoms with Crippen LogP contribution in [0.15, 0.2) is 0 Å². The fourth-order valence-electron chi connectivity index (χ4n) is 0. The van der Waals surface area contributed by atoms with Gasteiger partial charge in [-0.15, -0.1) is 0 Å². The van der Waals surface area contributed by atoms with Crippen LogP contribution in [0.4, 0.5) is 0 Å². The van der Waals surface area contributed by atoms with Crippen LogP contribution in [-0.4, -0.2) is 153 Å². The first-order chi connectivity index (χ1) is 0. The van der Waals surface area contributed by atoms with Crippen LogP contribution in [0, 0.1) is 81.7 Å².